The molecule has 1 amide bonds. The lowest BCUT2D eigenvalue weighted by atomic mass is 10.1. The SMILES string of the molecule is CCC(N)CC(=O)Nc1ccc(OC)c(OCCO)c1. The fraction of sp³-hybridized carbons (Fsp3) is 0.500. The van der Waals surface area contributed by atoms with Crippen LogP contribution in [0, 0.1) is 0 Å². The third-order valence-corrected chi connectivity index (χ3v) is 2.77. The van der Waals surface area contributed by atoms with Gasteiger partial charge in [0.1, 0.15) is 6.61 Å². The van der Waals surface area contributed by atoms with Gasteiger partial charge in [0, 0.05) is 24.2 Å². The van der Waals surface area contributed by atoms with Crippen molar-refractivity contribution in [2.75, 3.05) is 25.6 Å². The van der Waals surface area contributed by atoms with Crippen molar-refractivity contribution in [3.63, 3.8) is 0 Å². The van der Waals surface area contributed by atoms with E-state index in [0.29, 0.717) is 17.2 Å². The number of amides is 1. The number of hydrogen-bond donors (Lipinski definition) is 3. The molecule has 0 aliphatic carbocycles. The highest BCUT2D eigenvalue weighted by Gasteiger charge is 2.10. The third kappa shape index (κ3) is 5.07. The van der Waals surface area contributed by atoms with Gasteiger partial charge in [0.2, 0.25) is 5.91 Å². The molecule has 20 heavy (non-hydrogen) atoms. The van der Waals surface area contributed by atoms with Crippen molar-refractivity contribution in [1.82, 2.24) is 0 Å². The number of methoxy groups -OCH3 is 1. The van der Waals surface area contributed by atoms with Crippen LogP contribution in [0.25, 0.3) is 0 Å². The molecule has 6 nitrogen and oxygen atoms in total. The highest BCUT2D eigenvalue weighted by atomic mass is 16.5. The Balaban J connectivity index is 2.73. The lowest BCUT2D eigenvalue weighted by Crippen LogP contribution is -2.26. The molecule has 0 aliphatic rings. The Morgan fingerprint density at radius 2 is 2.20 bits per heavy atom. The molecule has 112 valence electrons. The van der Waals surface area contributed by atoms with E-state index in [1.807, 2.05) is 6.92 Å². The van der Waals surface area contributed by atoms with Crippen LogP contribution in [0.5, 0.6) is 11.5 Å². The van der Waals surface area contributed by atoms with Gasteiger partial charge in [0.05, 0.1) is 13.7 Å². The molecule has 4 N–H and O–H groups in total. The van der Waals surface area contributed by atoms with Gasteiger partial charge in [-0.1, -0.05) is 6.92 Å². The number of rotatable bonds is 8. The smallest absolute Gasteiger partial charge is 0.225 e. The standard InChI is InChI=1S/C14H22N2O4/c1-3-10(15)8-14(18)16-11-4-5-12(19-2)13(9-11)20-7-6-17/h4-5,9-10,17H,3,6-8,15H2,1-2H3,(H,16,18). The number of ether oxygens (including phenoxy) is 2. The van der Waals surface area contributed by atoms with E-state index < -0.39 is 0 Å². The second kappa shape index (κ2) is 8.39. The summed E-state index contributed by atoms with van der Waals surface area (Å²) in [7, 11) is 1.53. The van der Waals surface area contributed by atoms with Gasteiger partial charge in [-0.3, -0.25) is 4.79 Å². The van der Waals surface area contributed by atoms with Gasteiger partial charge >= 0.3 is 0 Å². The van der Waals surface area contributed by atoms with Crippen molar-refractivity contribution >= 4 is 11.6 Å². The quantitative estimate of drug-likeness (QED) is 0.664. The molecular formula is C14H22N2O4. The second-order valence-corrected chi connectivity index (χ2v) is 4.36. The summed E-state index contributed by atoms with van der Waals surface area (Å²) >= 11 is 0. The lowest BCUT2D eigenvalue weighted by molar-refractivity contribution is -0.116. The molecule has 0 fully saturated rings. The van der Waals surface area contributed by atoms with Gasteiger partial charge in [0.25, 0.3) is 0 Å². The minimum Gasteiger partial charge on any atom is -0.493 e. The van der Waals surface area contributed by atoms with Crippen LogP contribution in [0.4, 0.5) is 5.69 Å². The number of aliphatic hydroxyl groups excluding tert-OH is 1. The van der Waals surface area contributed by atoms with Crippen LogP contribution in [0.2, 0.25) is 0 Å². The van der Waals surface area contributed by atoms with Crippen molar-refractivity contribution in [3.05, 3.63) is 18.2 Å². The van der Waals surface area contributed by atoms with E-state index in [9.17, 15) is 4.79 Å². The van der Waals surface area contributed by atoms with Crippen molar-refractivity contribution < 1.29 is 19.4 Å². The Labute approximate surface area is 118 Å². The number of hydrogen-bond acceptors (Lipinski definition) is 5. The molecule has 1 unspecified atom stereocenters. The molecule has 0 heterocycles. The average Bonchev–Trinajstić information content (AvgIpc) is 2.44. The number of aliphatic hydroxyl groups is 1. The molecular weight excluding hydrogens is 260 g/mol. The lowest BCUT2D eigenvalue weighted by Gasteiger charge is -2.13. The molecule has 0 saturated heterocycles. The first-order valence-electron chi connectivity index (χ1n) is 6.57. The minimum atomic E-state index is -0.141. The Morgan fingerprint density at radius 3 is 2.80 bits per heavy atom. The highest BCUT2D eigenvalue weighted by Crippen LogP contribution is 2.30. The van der Waals surface area contributed by atoms with Crippen LogP contribution in [0.15, 0.2) is 18.2 Å². The van der Waals surface area contributed by atoms with Crippen LogP contribution in [-0.2, 0) is 4.79 Å². The molecule has 1 atom stereocenters. The van der Waals surface area contributed by atoms with Crippen LogP contribution >= 0.6 is 0 Å². The van der Waals surface area contributed by atoms with E-state index in [1.165, 1.54) is 7.11 Å². The van der Waals surface area contributed by atoms with Crippen LogP contribution in [0.3, 0.4) is 0 Å². The Morgan fingerprint density at radius 1 is 1.45 bits per heavy atom. The van der Waals surface area contributed by atoms with Gasteiger partial charge in [-0.2, -0.15) is 0 Å². The monoisotopic (exact) mass is 282 g/mol. The van der Waals surface area contributed by atoms with Crippen LogP contribution < -0.4 is 20.5 Å². The predicted molar refractivity (Wildman–Crippen MR) is 77.1 cm³/mol. The zero-order valence-corrected chi connectivity index (χ0v) is 11.9. The first-order chi connectivity index (χ1) is 9.60. The summed E-state index contributed by atoms with van der Waals surface area (Å²) in [5.74, 6) is 0.874. The Kier molecular flexibility index (Phi) is 6.83. The molecule has 1 rings (SSSR count). The van der Waals surface area contributed by atoms with Gasteiger partial charge in [0.15, 0.2) is 11.5 Å². The summed E-state index contributed by atoms with van der Waals surface area (Å²) in [5.41, 5.74) is 6.34. The summed E-state index contributed by atoms with van der Waals surface area (Å²) in [6.07, 6.45) is 1.02. The number of nitrogens with two attached hydrogens (primary N) is 1. The van der Waals surface area contributed by atoms with Gasteiger partial charge < -0.3 is 25.6 Å². The molecule has 0 saturated carbocycles. The molecule has 1 aromatic rings. The summed E-state index contributed by atoms with van der Waals surface area (Å²) in [6, 6.07) is 4.93. The van der Waals surface area contributed by atoms with Crippen molar-refractivity contribution in [2.45, 2.75) is 25.8 Å². The zero-order valence-electron chi connectivity index (χ0n) is 11.9. The molecule has 6 heteroatoms. The van der Waals surface area contributed by atoms with E-state index in [1.54, 1.807) is 18.2 Å². The van der Waals surface area contributed by atoms with Gasteiger partial charge in [-0.15, -0.1) is 0 Å². The van der Waals surface area contributed by atoms with Crippen LogP contribution in [0.1, 0.15) is 19.8 Å². The maximum atomic E-state index is 11.8. The second-order valence-electron chi connectivity index (χ2n) is 4.36. The zero-order chi connectivity index (χ0) is 15.0. The molecule has 0 aromatic heterocycles. The van der Waals surface area contributed by atoms with Crippen LogP contribution in [-0.4, -0.2) is 37.4 Å². The number of carbonyl (C=O) groups is 1. The fourth-order valence-corrected chi connectivity index (χ4v) is 1.62. The highest BCUT2D eigenvalue weighted by molar-refractivity contribution is 5.91. The van der Waals surface area contributed by atoms with Crippen molar-refractivity contribution in [2.24, 2.45) is 5.73 Å². The van der Waals surface area contributed by atoms with Crippen molar-refractivity contribution in [3.8, 4) is 11.5 Å². The first kappa shape index (κ1) is 16.3. The summed E-state index contributed by atoms with van der Waals surface area (Å²) < 4.78 is 10.5. The summed E-state index contributed by atoms with van der Waals surface area (Å²) in [4.78, 5) is 11.8. The van der Waals surface area contributed by atoms with E-state index in [4.69, 9.17) is 20.3 Å². The normalized spacial score (nSPS) is 11.8. The number of nitrogens with one attached hydrogen (secondary N) is 1. The number of benzene rings is 1. The molecule has 0 aliphatic heterocycles. The summed E-state index contributed by atoms with van der Waals surface area (Å²) in [6.45, 7) is 2.01. The maximum absolute atomic E-state index is 11.8. The average molecular weight is 282 g/mol. The number of carbonyl (C=O) groups excluding carboxylic acids is 1. The molecule has 1 aromatic carbocycles. The Bertz CT molecular complexity index is 437. The molecule has 0 radical (unpaired) electrons. The number of anilines is 1. The van der Waals surface area contributed by atoms with Gasteiger partial charge in [-0.05, 0) is 18.6 Å². The maximum Gasteiger partial charge on any atom is 0.225 e. The first-order valence-corrected chi connectivity index (χ1v) is 6.57. The topological polar surface area (TPSA) is 93.8 Å². The largest absolute Gasteiger partial charge is 0.493 e. The van der Waals surface area contributed by atoms with Gasteiger partial charge in [-0.25, -0.2) is 0 Å². The predicted octanol–water partition coefficient (Wildman–Crippen LogP) is 1.13. The van der Waals surface area contributed by atoms with E-state index in [0.717, 1.165) is 6.42 Å². The molecule has 0 spiro atoms. The minimum absolute atomic E-state index is 0.0922. The molecule has 0 bridgehead atoms. The fourth-order valence-electron chi connectivity index (χ4n) is 1.62. The summed E-state index contributed by atoms with van der Waals surface area (Å²) in [5, 5.41) is 11.5. The van der Waals surface area contributed by atoms with E-state index in [-0.39, 0.29) is 31.6 Å². The third-order valence-electron chi connectivity index (χ3n) is 2.77. The Hall–Kier alpha value is -1.79. The van der Waals surface area contributed by atoms with E-state index >= 15 is 0 Å². The van der Waals surface area contributed by atoms with Crippen molar-refractivity contribution in [1.29, 1.82) is 0 Å². The van der Waals surface area contributed by atoms with E-state index in [2.05, 4.69) is 5.32 Å².